The molecule has 1 rings (SSSR count). The summed E-state index contributed by atoms with van der Waals surface area (Å²) in [7, 11) is 4.34. The van der Waals surface area contributed by atoms with E-state index < -0.39 is 0 Å². The fraction of sp³-hybridized carbons (Fsp3) is 1.00. The topological polar surface area (TPSA) is 12.5 Å². The lowest BCUT2D eigenvalue weighted by Crippen LogP contribution is -2.29. The van der Waals surface area contributed by atoms with Gasteiger partial charge < -0.3 is 9.64 Å². The fourth-order valence-corrected chi connectivity index (χ4v) is 2.12. The van der Waals surface area contributed by atoms with Crippen LogP contribution in [0.2, 0.25) is 0 Å². The maximum absolute atomic E-state index is 5.92. The second-order valence-electron chi connectivity index (χ2n) is 5.71. The fourth-order valence-electron chi connectivity index (χ4n) is 2.12. The zero-order chi connectivity index (χ0) is 10.8. The number of hydrogen-bond donors (Lipinski definition) is 0. The second kappa shape index (κ2) is 4.63. The largest absolute Gasteiger partial charge is 0.378 e. The molecule has 0 spiro atoms. The van der Waals surface area contributed by atoms with Crippen molar-refractivity contribution in [3.63, 3.8) is 0 Å². The Morgan fingerprint density at radius 2 is 1.71 bits per heavy atom. The average Bonchev–Trinajstić information content (AvgIpc) is 2.26. The van der Waals surface area contributed by atoms with Gasteiger partial charge >= 0.3 is 0 Å². The Labute approximate surface area is 88.6 Å². The molecule has 1 fully saturated rings. The van der Waals surface area contributed by atoms with Crippen LogP contribution >= 0.6 is 0 Å². The quantitative estimate of drug-likeness (QED) is 0.643. The van der Waals surface area contributed by atoms with Crippen molar-refractivity contribution in [2.24, 2.45) is 5.41 Å². The zero-order valence-electron chi connectivity index (χ0n) is 10.3. The number of ether oxygens (including phenoxy) is 1. The molecule has 0 bridgehead atoms. The summed E-state index contributed by atoms with van der Waals surface area (Å²) in [6, 6.07) is 0.711. The molecule has 1 aliphatic heterocycles. The standard InChI is InChI=1S/C12H25NO/c1-12(2,3)11-7-6-10(13(4)5)8-9-14-11/h10-11H,6-9H2,1-5H3. The summed E-state index contributed by atoms with van der Waals surface area (Å²) in [4.78, 5) is 2.33. The van der Waals surface area contributed by atoms with E-state index in [-0.39, 0.29) is 0 Å². The van der Waals surface area contributed by atoms with Gasteiger partial charge in [-0.3, -0.25) is 0 Å². The Morgan fingerprint density at radius 1 is 1.07 bits per heavy atom. The normalized spacial score (nSPS) is 30.4. The predicted octanol–water partition coefficient (Wildman–Crippen LogP) is 2.53. The second-order valence-corrected chi connectivity index (χ2v) is 5.71. The highest BCUT2D eigenvalue weighted by molar-refractivity contribution is 4.80. The third-order valence-electron chi connectivity index (χ3n) is 3.23. The van der Waals surface area contributed by atoms with Crippen molar-refractivity contribution in [3.8, 4) is 0 Å². The minimum Gasteiger partial charge on any atom is -0.378 e. The van der Waals surface area contributed by atoms with Crippen molar-refractivity contribution in [1.29, 1.82) is 0 Å². The summed E-state index contributed by atoms with van der Waals surface area (Å²) in [5.74, 6) is 0. The van der Waals surface area contributed by atoms with Gasteiger partial charge in [-0.2, -0.15) is 0 Å². The number of nitrogens with zero attached hydrogens (tertiary/aromatic N) is 1. The lowest BCUT2D eigenvalue weighted by atomic mass is 9.86. The summed E-state index contributed by atoms with van der Waals surface area (Å²) in [5, 5.41) is 0. The first-order valence-electron chi connectivity index (χ1n) is 5.69. The highest BCUT2D eigenvalue weighted by atomic mass is 16.5. The lowest BCUT2D eigenvalue weighted by Gasteiger charge is -2.29. The molecule has 0 radical (unpaired) electrons. The first-order chi connectivity index (χ1) is 6.41. The van der Waals surface area contributed by atoms with Gasteiger partial charge in [0.05, 0.1) is 6.10 Å². The van der Waals surface area contributed by atoms with E-state index in [2.05, 4.69) is 39.8 Å². The van der Waals surface area contributed by atoms with E-state index in [9.17, 15) is 0 Å². The molecule has 1 aliphatic rings. The lowest BCUT2D eigenvalue weighted by molar-refractivity contribution is -0.0140. The molecule has 2 unspecified atom stereocenters. The highest BCUT2D eigenvalue weighted by Crippen LogP contribution is 2.29. The SMILES string of the molecule is CN(C)C1CCOC(C(C)(C)C)CC1. The van der Waals surface area contributed by atoms with Crippen LogP contribution in [0.25, 0.3) is 0 Å². The molecule has 1 heterocycles. The molecule has 0 aliphatic carbocycles. The first kappa shape index (κ1) is 12.0. The third kappa shape index (κ3) is 3.25. The van der Waals surface area contributed by atoms with E-state index in [0.29, 0.717) is 17.6 Å². The molecule has 2 heteroatoms. The van der Waals surface area contributed by atoms with Crippen LogP contribution in [-0.4, -0.2) is 37.7 Å². The van der Waals surface area contributed by atoms with Crippen molar-refractivity contribution >= 4 is 0 Å². The molecule has 0 saturated carbocycles. The minimum atomic E-state index is 0.293. The van der Waals surface area contributed by atoms with E-state index in [1.807, 2.05) is 0 Å². The summed E-state index contributed by atoms with van der Waals surface area (Å²) in [5.41, 5.74) is 0.293. The molecule has 0 aromatic rings. The van der Waals surface area contributed by atoms with Gasteiger partial charge in [0.25, 0.3) is 0 Å². The van der Waals surface area contributed by atoms with Crippen LogP contribution in [0.3, 0.4) is 0 Å². The maximum Gasteiger partial charge on any atom is 0.0623 e. The van der Waals surface area contributed by atoms with Crippen LogP contribution in [0.4, 0.5) is 0 Å². The molecule has 0 amide bonds. The van der Waals surface area contributed by atoms with Crippen molar-refractivity contribution in [3.05, 3.63) is 0 Å². The van der Waals surface area contributed by atoms with Gasteiger partial charge in [-0.05, 0) is 38.8 Å². The monoisotopic (exact) mass is 199 g/mol. The van der Waals surface area contributed by atoms with Crippen molar-refractivity contribution < 1.29 is 4.74 Å². The Hall–Kier alpha value is -0.0800. The molecule has 0 N–H and O–H groups in total. The third-order valence-corrected chi connectivity index (χ3v) is 3.23. The Morgan fingerprint density at radius 3 is 2.21 bits per heavy atom. The molecular formula is C12H25NO. The Balaban J connectivity index is 2.49. The Kier molecular flexibility index (Phi) is 3.96. The summed E-state index contributed by atoms with van der Waals surface area (Å²) in [6.07, 6.45) is 4.09. The molecule has 2 nitrogen and oxygen atoms in total. The summed E-state index contributed by atoms with van der Waals surface area (Å²) in [6.45, 7) is 7.74. The smallest absolute Gasteiger partial charge is 0.0623 e. The summed E-state index contributed by atoms with van der Waals surface area (Å²) >= 11 is 0. The average molecular weight is 199 g/mol. The molecule has 0 aromatic heterocycles. The van der Waals surface area contributed by atoms with E-state index in [0.717, 1.165) is 6.61 Å². The van der Waals surface area contributed by atoms with Gasteiger partial charge in [0.2, 0.25) is 0 Å². The Bertz CT molecular complexity index is 172. The maximum atomic E-state index is 5.92. The van der Waals surface area contributed by atoms with Crippen LogP contribution in [0.15, 0.2) is 0 Å². The van der Waals surface area contributed by atoms with Gasteiger partial charge in [-0.15, -0.1) is 0 Å². The van der Waals surface area contributed by atoms with Crippen molar-refractivity contribution in [2.75, 3.05) is 20.7 Å². The molecule has 84 valence electrons. The molecule has 2 atom stereocenters. The predicted molar refractivity (Wildman–Crippen MR) is 60.5 cm³/mol. The van der Waals surface area contributed by atoms with Gasteiger partial charge in [0.15, 0.2) is 0 Å². The highest BCUT2D eigenvalue weighted by Gasteiger charge is 2.29. The van der Waals surface area contributed by atoms with E-state index in [1.165, 1.54) is 19.3 Å². The minimum absolute atomic E-state index is 0.293. The van der Waals surface area contributed by atoms with Crippen LogP contribution < -0.4 is 0 Å². The van der Waals surface area contributed by atoms with Crippen LogP contribution in [0, 0.1) is 5.41 Å². The van der Waals surface area contributed by atoms with E-state index >= 15 is 0 Å². The van der Waals surface area contributed by atoms with Gasteiger partial charge in [-0.1, -0.05) is 20.8 Å². The van der Waals surface area contributed by atoms with Gasteiger partial charge in [-0.25, -0.2) is 0 Å². The molecule has 1 saturated heterocycles. The van der Waals surface area contributed by atoms with E-state index in [1.54, 1.807) is 0 Å². The molecule has 14 heavy (non-hydrogen) atoms. The van der Waals surface area contributed by atoms with Crippen LogP contribution in [-0.2, 0) is 4.74 Å². The van der Waals surface area contributed by atoms with Crippen molar-refractivity contribution in [2.45, 2.75) is 52.2 Å². The number of hydrogen-bond acceptors (Lipinski definition) is 2. The van der Waals surface area contributed by atoms with E-state index in [4.69, 9.17) is 4.74 Å². The zero-order valence-corrected chi connectivity index (χ0v) is 10.3. The van der Waals surface area contributed by atoms with Crippen LogP contribution in [0.5, 0.6) is 0 Å². The first-order valence-corrected chi connectivity index (χ1v) is 5.69. The molecule has 0 aromatic carbocycles. The molecular weight excluding hydrogens is 174 g/mol. The van der Waals surface area contributed by atoms with Gasteiger partial charge in [0, 0.05) is 12.6 Å². The van der Waals surface area contributed by atoms with Crippen LogP contribution in [0.1, 0.15) is 40.0 Å². The summed E-state index contributed by atoms with van der Waals surface area (Å²) < 4.78 is 5.92. The van der Waals surface area contributed by atoms with Crippen molar-refractivity contribution in [1.82, 2.24) is 4.90 Å². The van der Waals surface area contributed by atoms with Gasteiger partial charge in [0.1, 0.15) is 0 Å². The number of rotatable bonds is 1.